The van der Waals surface area contributed by atoms with Crippen LogP contribution >= 0.6 is 0 Å². The molecule has 0 aliphatic carbocycles. The van der Waals surface area contributed by atoms with Gasteiger partial charge in [-0.15, -0.1) is 0 Å². The molecule has 0 unspecified atom stereocenters. The van der Waals surface area contributed by atoms with E-state index >= 15 is 0 Å². The van der Waals surface area contributed by atoms with Gasteiger partial charge in [-0.05, 0) is 42.0 Å². The van der Waals surface area contributed by atoms with Crippen LogP contribution in [0.4, 0.5) is 0 Å². The monoisotopic (exact) mass is 440 g/mol. The van der Waals surface area contributed by atoms with Gasteiger partial charge in [0.25, 0.3) is 5.91 Å². The van der Waals surface area contributed by atoms with Crippen LogP contribution in [0.25, 0.3) is 16.9 Å². The Morgan fingerprint density at radius 3 is 2.30 bits per heavy atom. The van der Waals surface area contributed by atoms with E-state index in [4.69, 9.17) is 9.84 Å². The highest BCUT2D eigenvalue weighted by molar-refractivity contribution is 6.00. The zero-order valence-electron chi connectivity index (χ0n) is 17.5. The highest BCUT2D eigenvalue weighted by Gasteiger charge is 2.18. The molecule has 3 aromatic carbocycles. The Hall–Kier alpha value is -4.72. The van der Waals surface area contributed by atoms with Gasteiger partial charge in [0, 0.05) is 11.8 Å². The highest BCUT2D eigenvalue weighted by atomic mass is 16.5. The lowest BCUT2D eigenvalue weighted by Gasteiger charge is -2.03. The van der Waals surface area contributed by atoms with Crippen molar-refractivity contribution in [1.29, 1.82) is 0 Å². The summed E-state index contributed by atoms with van der Waals surface area (Å²) >= 11 is 0. The van der Waals surface area contributed by atoms with Gasteiger partial charge in [-0.25, -0.2) is 14.9 Å². The number of hydrazone groups is 1. The zero-order chi connectivity index (χ0) is 23.0. The molecular formula is C25H20N4O4. The largest absolute Gasteiger partial charge is 0.482 e. The summed E-state index contributed by atoms with van der Waals surface area (Å²) < 4.78 is 6.76. The number of carbonyl (C=O) groups is 2. The Bertz CT molecular complexity index is 1270. The molecular weight excluding hydrogens is 420 g/mol. The number of amides is 1. The van der Waals surface area contributed by atoms with E-state index in [0.29, 0.717) is 22.6 Å². The van der Waals surface area contributed by atoms with Gasteiger partial charge in [0.15, 0.2) is 6.61 Å². The number of para-hydroxylation sites is 1. The maximum Gasteiger partial charge on any atom is 0.341 e. The van der Waals surface area contributed by atoms with Crippen molar-refractivity contribution in [3.8, 4) is 22.7 Å². The number of hydrogen-bond donors (Lipinski definition) is 2. The van der Waals surface area contributed by atoms with Crippen molar-refractivity contribution in [3.63, 3.8) is 0 Å². The summed E-state index contributed by atoms with van der Waals surface area (Å²) in [5, 5.41) is 17.3. The molecule has 0 saturated heterocycles. The molecule has 33 heavy (non-hydrogen) atoms. The van der Waals surface area contributed by atoms with Gasteiger partial charge in [-0.3, -0.25) is 4.79 Å². The van der Waals surface area contributed by atoms with Crippen molar-refractivity contribution in [2.24, 2.45) is 5.10 Å². The van der Waals surface area contributed by atoms with E-state index in [-0.39, 0.29) is 0 Å². The van der Waals surface area contributed by atoms with Gasteiger partial charge < -0.3 is 9.84 Å². The molecule has 8 heteroatoms. The number of ether oxygens (including phenoxy) is 1. The quantitative estimate of drug-likeness (QED) is 0.321. The average molecular weight is 440 g/mol. The normalized spacial score (nSPS) is 10.8. The van der Waals surface area contributed by atoms with Crippen molar-refractivity contribution in [3.05, 3.63) is 102 Å². The number of nitrogens with zero attached hydrogens (tertiary/aromatic N) is 3. The summed E-state index contributed by atoms with van der Waals surface area (Å²) in [7, 11) is 0. The molecule has 1 aromatic heterocycles. The minimum atomic E-state index is -1.05. The number of aliphatic carboxylic acids is 1. The predicted molar refractivity (Wildman–Crippen MR) is 124 cm³/mol. The minimum absolute atomic E-state index is 0.389. The first kappa shape index (κ1) is 21.5. The Kier molecular flexibility index (Phi) is 6.56. The first-order valence-electron chi connectivity index (χ1n) is 10.1. The Morgan fingerprint density at radius 2 is 1.64 bits per heavy atom. The number of aromatic nitrogens is 2. The van der Waals surface area contributed by atoms with E-state index in [9.17, 15) is 9.59 Å². The number of carbonyl (C=O) groups excluding carboxylic acids is 1. The number of nitrogens with one attached hydrogen (secondary N) is 1. The summed E-state index contributed by atoms with van der Waals surface area (Å²) in [5.41, 5.74) is 5.84. The second-order valence-corrected chi connectivity index (χ2v) is 6.99. The fourth-order valence-corrected chi connectivity index (χ4v) is 3.08. The number of rotatable bonds is 8. The lowest BCUT2D eigenvalue weighted by atomic mass is 10.1. The molecule has 1 heterocycles. The second-order valence-electron chi connectivity index (χ2n) is 6.99. The standard InChI is InChI=1S/C25H20N4O4/c30-23(31)17-33-21-13-11-18(12-14-21)15-26-27-25(32)22-16-29(20-9-5-2-6-10-20)28-24(22)19-7-3-1-4-8-19/h1-16H,17H2,(H,27,32)(H,30,31)/b26-15-. The molecule has 1 amide bonds. The van der Waals surface area contributed by atoms with Gasteiger partial charge in [-0.2, -0.15) is 10.2 Å². The molecule has 0 aliphatic rings. The van der Waals surface area contributed by atoms with Crippen LogP contribution in [0.5, 0.6) is 5.75 Å². The lowest BCUT2D eigenvalue weighted by molar-refractivity contribution is -0.139. The zero-order valence-corrected chi connectivity index (χ0v) is 17.5. The van der Waals surface area contributed by atoms with E-state index in [2.05, 4.69) is 15.6 Å². The van der Waals surface area contributed by atoms with E-state index < -0.39 is 18.5 Å². The maximum absolute atomic E-state index is 12.9. The van der Waals surface area contributed by atoms with Gasteiger partial charge in [0.1, 0.15) is 11.4 Å². The fourth-order valence-electron chi connectivity index (χ4n) is 3.08. The van der Waals surface area contributed by atoms with Crippen molar-refractivity contribution in [1.82, 2.24) is 15.2 Å². The van der Waals surface area contributed by atoms with Crippen LogP contribution in [0.2, 0.25) is 0 Å². The van der Waals surface area contributed by atoms with Crippen LogP contribution in [0.1, 0.15) is 15.9 Å². The van der Waals surface area contributed by atoms with E-state index in [0.717, 1.165) is 11.3 Å². The number of benzene rings is 3. The van der Waals surface area contributed by atoms with Gasteiger partial charge >= 0.3 is 5.97 Å². The molecule has 0 fully saturated rings. The van der Waals surface area contributed by atoms with E-state index in [1.807, 2.05) is 60.7 Å². The van der Waals surface area contributed by atoms with Crippen molar-refractivity contribution < 1.29 is 19.4 Å². The smallest absolute Gasteiger partial charge is 0.341 e. The molecule has 4 rings (SSSR count). The number of carboxylic acid groups (broad SMARTS) is 1. The molecule has 0 bridgehead atoms. The second kappa shape index (κ2) is 10.1. The van der Waals surface area contributed by atoms with Crippen molar-refractivity contribution in [2.45, 2.75) is 0 Å². The molecule has 0 aliphatic heterocycles. The fraction of sp³-hybridized carbons (Fsp3) is 0.0400. The van der Waals surface area contributed by atoms with Crippen LogP contribution in [0, 0.1) is 0 Å². The summed E-state index contributed by atoms with van der Waals surface area (Å²) in [4.78, 5) is 23.5. The lowest BCUT2D eigenvalue weighted by Crippen LogP contribution is -2.18. The summed E-state index contributed by atoms with van der Waals surface area (Å²) in [6, 6.07) is 25.7. The van der Waals surface area contributed by atoms with Crippen molar-refractivity contribution in [2.75, 3.05) is 6.61 Å². The van der Waals surface area contributed by atoms with Crippen LogP contribution in [0.3, 0.4) is 0 Å². The van der Waals surface area contributed by atoms with Crippen molar-refractivity contribution >= 4 is 18.1 Å². The van der Waals surface area contributed by atoms with Gasteiger partial charge in [0.2, 0.25) is 0 Å². The number of hydrogen-bond acceptors (Lipinski definition) is 5. The molecule has 8 nitrogen and oxygen atoms in total. The van der Waals surface area contributed by atoms with Gasteiger partial charge in [-0.1, -0.05) is 48.5 Å². The molecule has 0 saturated carbocycles. The highest BCUT2D eigenvalue weighted by Crippen LogP contribution is 2.23. The minimum Gasteiger partial charge on any atom is -0.482 e. The molecule has 0 atom stereocenters. The first-order chi connectivity index (χ1) is 16.1. The molecule has 0 spiro atoms. The maximum atomic E-state index is 12.9. The summed E-state index contributed by atoms with van der Waals surface area (Å²) in [5.74, 6) is -1.01. The molecule has 4 aromatic rings. The summed E-state index contributed by atoms with van der Waals surface area (Å²) in [6.07, 6.45) is 3.17. The predicted octanol–water partition coefficient (Wildman–Crippen LogP) is 3.77. The Morgan fingerprint density at radius 1 is 0.970 bits per heavy atom. The molecule has 164 valence electrons. The van der Waals surface area contributed by atoms with Crippen LogP contribution in [-0.2, 0) is 4.79 Å². The SMILES string of the molecule is O=C(O)COc1ccc(/C=N\NC(=O)c2cn(-c3ccccc3)nc2-c2ccccc2)cc1. The summed E-state index contributed by atoms with van der Waals surface area (Å²) in [6.45, 7) is -0.413. The Balaban J connectivity index is 1.51. The molecule has 0 radical (unpaired) electrons. The van der Waals surface area contributed by atoms with Crippen LogP contribution < -0.4 is 10.2 Å². The first-order valence-corrected chi connectivity index (χ1v) is 10.1. The average Bonchev–Trinajstić information content (AvgIpc) is 3.30. The third-order valence-corrected chi connectivity index (χ3v) is 4.65. The number of carboxylic acids is 1. The topological polar surface area (TPSA) is 106 Å². The van der Waals surface area contributed by atoms with E-state index in [1.165, 1.54) is 6.21 Å². The third kappa shape index (κ3) is 5.50. The Labute approximate surface area is 189 Å². The van der Waals surface area contributed by atoms with Crippen LogP contribution in [0.15, 0.2) is 96.2 Å². The molecule has 2 N–H and O–H groups in total. The van der Waals surface area contributed by atoms with Crippen LogP contribution in [-0.4, -0.2) is 39.6 Å². The van der Waals surface area contributed by atoms with Gasteiger partial charge in [0.05, 0.1) is 17.5 Å². The third-order valence-electron chi connectivity index (χ3n) is 4.65. The van der Waals surface area contributed by atoms with E-state index in [1.54, 1.807) is 35.1 Å².